The molecular weight excluding hydrogens is 356 g/mol. The lowest BCUT2D eigenvalue weighted by Crippen LogP contribution is -2.49. The summed E-state index contributed by atoms with van der Waals surface area (Å²) in [6.07, 6.45) is 4.48. The molecule has 0 fully saturated rings. The van der Waals surface area contributed by atoms with Crippen molar-refractivity contribution in [3.8, 4) is 5.75 Å². The second-order valence-corrected chi connectivity index (χ2v) is 6.96. The lowest BCUT2D eigenvalue weighted by Gasteiger charge is -2.22. The van der Waals surface area contributed by atoms with E-state index in [9.17, 15) is 9.59 Å². The molecule has 0 aliphatic carbocycles. The quantitative estimate of drug-likeness (QED) is 0.615. The number of imidazole rings is 1. The van der Waals surface area contributed by atoms with E-state index in [2.05, 4.69) is 15.6 Å². The van der Waals surface area contributed by atoms with Gasteiger partial charge in [0, 0.05) is 31.0 Å². The van der Waals surface area contributed by atoms with Gasteiger partial charge >= 0.3 is 0 Å². The van der Waals surface area contributed by atoms with Gasteiger partial charge in [-0.25, -0.2) is 4.98 Å². The maximum absolute atomic E-state index is 12.6. The smallest absolute Gasteiger partial charge is 0.251 e. The first-order valence-electron chi connectivity index (χ1n) is 9.71. The number of carbonyl (C=O) groups is 2. The zero-order valence-corrected chi connectivity index (χ0v) is 17.1. The second kappa shape index (κ2) is 10.5. The first-order valence-corrected chi connectivity index (χ1v) is 9.71. The average molecular weight is 386 g/mol. The van der Waals surface area contributed by atoms with E-state index >= 15 is 0 Å². The minimum Gasteiger partial charge on any atom is -0.494 e. The molecule has 2 amide bonds. The molecule has 2 rings (SSSR count). The third kappa shape index (κ3) is 6.11. The summed E-state index contributed by atoms with van der Waals surface area (Å²) in [7, 11) is 0. The van der Waals surface area contributed by atoms with Gasteiger partial charge in [0.15, 0.2) is 0 Å². The Labute approximate surface area is 166 Å². The number of amides is 2. The fraction of sp³-hybridized carbons (Fsp3) is 0.476. The van der Waals surface area contributed by atoms with Gasteiger partial charge in [-0.1, -0.05) is 13.8 Å². The lowest BCUT2D eigenvalue weighted by atomic mass is 10.0. The Morgan fingerprint density at radius 1 is 1.21 bits per heavy atom. The van der Waals surface area contributed by atoms with Crippen LogP contribution in [0.3, 0.4) is 0 Å². The molecule has 28 heavy (non-hydrogen) atoms. The third-order valence-corrected chi connectivity index (χ3v) is 4.46. The van der Waals surface area contributed by atoms with Crippen molar-refractivity contribution in [1.82, 2.24) is 20.2 Å². The van der Waals surface area contributed by atoms with E-state index in [0.29, 0.717) is 24.5 Å². The highest BCUT2D eigenvalue weighted by atomic mass is 16.5. The number of aryl methyl sites for hydroxylation is 2. The van der Waals surface area contributed by atoms with Crippen LogP contribution in [-0.4, -0.2) is 40.6 Å². The van der Waals surface area contributed by atoms with Crippen molar-refractivity contribution in [3.05, 3.63) is 48.0 Å². The Morgan fingerprint density at radius 2 is 1.93 bits per heavy atom. The van der Waals surface area contributed by atoms with Crippen molar-refractivity contribution < 1.29 is 14.3 Å². The predicted octanol–water partition coefficient (Wildman–Crippen LogP) is 2.55. The lowest BCUT2D eigenvalue weighted by molar-refractivity contribution is -0.123. The van der Waals surface area contributed by atoms with Crippen LogP contribution >= 0.6 is 0 Å². The minimum atomic E-state index is -0.589. The van der Waals surface area contributed by atoms with E-state index in [4.69, 9.17) is 4.74 Å². The summed E-state index contributed by atoms with van der Waals surface area (Å²) in [6, 6.07) is 6.31. The number of aromatic nitrogens is 2. The van der Waals surface area contributed by atoms with E-state index in [0.717, 1.165) is 18.8 Å². The van der Waals surface area contributed by atoms with Crippen molar-refractivity contribution in [2.24, 2.45) is 5.92 Å². The van der Waals surface area contributed by atoms with E-state index in [-0.39, 0.29) is 17.7 Å². The van der Waals surface area contributed by atoms with Crippen LogP contribution in [0.4, 0.5) is 0 Å². The molecule has 152 valence electrons. The molecule has 0 spiro atoms. The zero-order chi connectivity index (χ0) is 20.5. The van der Waals surface area contributed by atoms with Crippen LogP contribution in [0.5, 0.6) is 5.75 Å². The molecule has 2 aromatic rings. The van der Waals surface area contributed by atoms with E-state index in [1.54, 1.807) is 30.5 Å². The second-order valence-electron chi connectivity index (χ2n) is 6.96. The maximum Gasteiger partial charge on any atom is 0.251 e. The molecule has 7 nitrogen and oxygen atoms in total. The number of rotatable bonds is 10. The number of ether oxygens (including phenoxy) is 1. The van der Waals surface area contributed by atoms with Crippen LogP contribution in [0.15, 0.2) is 36.7 Å². The fourth-order valence-electron chi connectivity index (χ4n) is 2.84. The summed E-state index contributed by atoms with van der Waals surface area (Å²) in [6.45, 7) is 9.58. The Hall–Kier alpha value is -2.83. The molecule has 1 aromatic carbocycles. The number of benzene rings is 1. The first-order chi connectivity index (χ1) is 13.4. The maximum atomic E-state index is 12.6. The topological polar surface area (TPSA) is 85.2 Å². The largest absolute Gasteiger partial charge is 0.494 e. The molecule has 1 atom stereocenters. The monoisotopic (exact) mass is 386 g/mol. The fourth-order valence-corrected chi connectivity index (χ4v) is 2.84. The van der Waals surface area contributed by atoms with Crippen LogP contribution < -0.4 is 15.4 Å². The van der Waals surface area contributed by atoms with Gasteiger partial charge in [-0.3, -0.25) is 9.59 Å². The van der Waals surface area contributed by atoms with Gasteiger partial charge in [0.05, 0.1) is 6.61 Å². The Kier molecular flexibility index (Phi) is 8.04. The van der Waals surface area contributed by atoms with Crippen LogP contribution in [0.25, 0.3) is 0 Å². The van der Waals surface area contributed by atoms with Crippen LogP contribution in [0.1, 0.15) is 43.4 Å². The highest BCUT2D eigenvalue weighted by molar-refractivity contribution is 5.97. The van der Waals surface area contributed by atoms with Crippen LogP contribution in [0.2, 0.25) is 0 Å². The van der Waals surface area contributed by atoms with Gasteiger partial charge in [0.25, 0.3) is 5.91 Å². The predicted molar refractivity (Wildman–Crippen MR) is 108 cm³/mol. The molecule has 1 unspecified atom stereocenters. The van der Waals surface area contributed by atoms with Crippen LogP contribution in [0, 0.1) is 12.8 Å². The number of hydrogen-bond donors (Lipinski definition) is 2. The highest BCUT2D eigenvalue weighted by Crippen LogP contribution is 2.13. The third-order valence-electron chi connectivity index (χ3n) is 4.46. The summed E-state index contributed by atoms with van der Waals surface area (Å²) in [5, 5.41) is 5.76. The van der Waals surface area contributed by atoms with Gasteiger partial charge in [0.2, 0.25) is 5.91 Å². The first kappa shape index (κ1) is 21.5. The molecule has 7 heteroatoms. The van der Waals surface area contributed by atoms with Crippen molar-refractivity contribution in [3.63, 3.8) is 0 Å². The van der Waals surface area contributed by atoms with Gasteiger partial charge in [0.1, 0.15) is 17.6 Å². The molecule has 0 aliphatic heterocycles. The SMILES string of the molecule is CCOc1ccc(C(=O)NC(C(=O)NCCCn2ccnc2C)C(C)C)cc1. The van der Waals surface area contributed by atoms with E-state index in [1.165, 1.54) is 0 Å². The van der Waals surface area contributed by atoms with Gasteiger partial charge in [-0.05, 0) is 50.5 Å². The zero-order valence-electron chi connectivity index (χ0n) is 17.1. The summed E-state index contributed by atoms with van der Waals surface area (Å²) in [5.74, 6) is 1.20. The van der Waals surface area contributed by atoms with E-state index < -0.39 is 6.04 Å². The summed E-state index contributed by atoms with van der Waals surface area (Å²) < 4.78 is 7.43. The molecule has 0 radical (unpaired) electrons. The number of nitrogens with one attached hydrogen (secondary N) is 2. The molecule has 0 bridgehead atoms. The molecule has 0 saturated carbocycles. The normalized spacial score (nSPS) is 11.9. The summed E-state index contributed by atoms with van der Waals surface area (Å²) in [5.41, 5.74) is 0.498. The number of nitrogens with zero attached hydrogens (tertiary/aromatic N) is 2. The highest BCUT2D eigenvalue weighted by Gasteiger charge is 2.24. The van der Waals surface area contributed by atoms with Crippen molar-refractivity contribution in [2.45, 2.75) is 46.7 Å². The van der Waals surface area contributed by atoms with Crippen molar-refractivity contribution in [2.75, 3.05) is 13.2 Å². The van der Waals surface area contributed by atoms with E-state index in [1.807, 2.05) is 38.5 Å². The van der Waals surface area contributed by atoms with Crippen molar-refractivity contribution >= 4 is 11.8 Å². The Balaban J connectivity index is 1.86. The Morgan fingerprint density at radius 3 is 2.50 bits per heavy atom. The number of carbonyl (C=O) groups excluding carboxylic acids is 2. The van der Waals surface area contributed by atoms with Gasteiger partial charge < -0.3 is 19.9 Å². The van der Waals surface area contributed by atoms with Crippen molar-refractivity contribution in [1.29, 1.82) is 0 Å². The molecule has 0 saturated heterocycles. The summed E-state index contributed by atoms with van der Waals surface area (Å²) >= 11 is 0. The Bertz CT molecular complexity index is 768. The minimum absolute atomic E-state index is 0.0254. The molecular formula is C21H30N4O3. The molecule has 0 aliphatic rings. The number of hydrogen-bond acceptors (Lipinski definition) is 4. The molecule has 2 N–H and O–H groups in total. The van der Waals surface area contributed by atoms with Gasteiger partial charge in [-0.2, -0.15) is 0 Å². The molecule has 1 aromatic heterocycles. The molecule has 1 heterocycles. The van der Waals surface area contributed by atoms with Crippen LogP contribution in [-0.2, 0) is 11.3 Å². The standard InChI is InChI=1S/C21H30N4O3/c1-5-28-18-9-7-17(8-10-18)20(26)24-19(15(2)3)21(27)23-11-6-13-25-14-12-22-16(25)4/h7-10,12,14-15,19H,5-6,11,13H2,1-4H3,(H,23,27)(H,24,26). The summed E-state index contributed by atoms with van der Waals surface area (Å²) in [4.78, 5) is 29.2. The van der Waals surface area contributed by atoms with Gasteiger partial charge in [-0.15, -0.1) is 0 Å². The average Bonchev–Trinajstić information content (AvgIpc) is 3.08.